The highest BCUT2D eigenvalue weighted by molar-refractivity contribution is 5.55. The van der Waals surface area contributed by atoms with Crippen molar-refractivity contribution in [2.75, 3.05) is 18.5 Å². The van der Waals surface area contributed by atoms with Gasteiger partial charge in [0.25, 0.3) is 0 Å². The van der Waals surface area contributed by atoms with Crippen molar-refractivity contribution in [2.24, 2.45) is 0 Å². The number of nitriles is 1. The highest BCUT2D eigenvalue weighted by atomic mass is 16.5. The lowest BCUT2D eigenvalue weighted by molar-refractivity contribution is 0.107. The predicted octanol–water partition coefficient (Wildman–Crippen LogP) is 3.34. The molecule has 118 valence electrons. The van der Waals surface area contributed by atoms with Crippen LogP contribution in [-0.4, -0.2) is 22.9 Å². The SMILES string of the molecule is N#Cc1ccc(-n2nc(C3CCCO3)c3c2NCCCC3)cc1. The quantitative estimate of drug-likeness (QED) is 0.924. The van der Waals surface area contributed by atoms with Crippen LogP contribution in [0.3, 0.4) is 0 Å². The first kappa shape index (κ1) is 14.3. The summed E-state index contributed by atoms with van der Waals surface area (Å²) in [5, 5.41) is 17.4. The van der Waals surface area contributed by atoms with Crippen LogP contribution in [0.1, 0.15) is 48.6 Å². The third-order valence-corrected chi connectivity index (χ3v) is 4.64. The third-order valence-electron chi connectivity index (χ3n) is 4.64. The van der Waals surface area contributed by atoms with Gasteiger partial charge in [-0.2, -0.15) is 10.4 Å². The van der Waals surface area contributed by atoms with E-state index < -0.39 is 0 Å². The van der Waals surface area contributed by atoms with Crippen LogP contribution in [0, 0.1) is 11.3 Å². The molecule has 1 aromatic heterocycles. The van der Waals surface area contributed by atoms with Gasteiger partial charge in [-0.3, -0.25) is 0 Å². The van der Waals surface area contributed by atoms with E-state index in [9.17, 15) is 0 Å². The van der Waals surface area contributed by atoms with Crippen LogP contribution >= 0.6 is 0 Å². The van der Waals surface area contributed by atoms with Crippen molar-refractivity contribution >= 4 is 5.82 Å². The van der Waals surface area contributed by atoms with E-state index in [1.807, 2.05) is 28.9 Å². The van der Waals surface area contributed by atoms with E-state index in [-0.39, 0.29) is 6.10 Å². The Labute approximate surface area is 135 Å². The smallest absolute Gasteiger partial charge is 0.133 e. The molecule has 0 saturated carbocycles. The molecule has 1 unspecified atom stereocenters. The molecule has 1 atom stereocenters. The summed E-state index contributed by atoms with van der Waals surface area (Å²) in [7, 11) is 0. The normalized spacial score (nSPS) is 20.4. The Bertz CT molecular complexity index is 736. The zero-order valence-corrected chi connectivity index (χ0v) is 13.1. The molecule has 2 aromatic rings. The minimum absolute atomic E-state index is 0.128. The van der Waals surface area contributed by atoms with Gasteiger partial charge in [-0.15, -0.1) is 0 Å². The molecule has 0 aliphatic carbocycles. The zero-order chi connectivity index (χ0) is 15.6. The second kappa shape index (κ2) is 6.05. The average Bonchev–Trinajstić information content (AvgIpc) is 3.17. The summed E-state index contributed by atoms with van der Waals surface area (Å²) in [6.45, 7) is 1.80. The van der Waals surface area contributed by atoms with Crippen LogP contribution in [0.2, 0.25) is 0 Å². The van der Waals surface area contributed by atoms with Gasteiger partial charge >= 0.3 is 0 Å². The molecule has 0 spiro atoms. The number of nitrogens with one attached hydrogen (secondary N) is 1. The Morgan fingerprint density at radius 2 is 2.09 bits per heavy atom. The largest absolute Gasteiger partial charge is 0.372 e. The molecule has 4 rings (SSSR count). The van der Waals surface area contributed by atoms with Crippen molar-refractivity contribution in [3.05, 3.63) is 41.1 Å². The van der Waals surface area contributed by atoms with Crippen LogP contribution in [0.4, 0.5) is 5.82 Å². The molecule has 0 amide bonds. The fourth-order valence-electron chi connectivity index (χ4n) is 3.44. The summed E-state index contributed by atoms with van der Waals surface area (Å²) >= 11 is 0. The maximum absolute atomic E-state index is 8.97. The van der Waals surface area contributed by atoms with Crippen molar-refractivity contribution < 1.29 is 4.74 Å². The summed E-state index contributed by atoms with van der Waals surface area (Å²) in [4.78, 5) is 0. The van der Waals surface area contributed by atoms with Crippen LogP contribution in [0.25, 0.3) is 5.69 Å². The fraction of sp³-hybridized carbons (Fsp3) is 0.444. The number of fused-ring (bicyclic) bond motifs is 1. The molecule has 5 heteroatoms. The Hall–Kier alpha value is -2.32. The van der Waals surface area contributed by atoms with E-state index >= 15 is 0 Å². The number of anilines is 1. The van der Waals surface area contributed by atoms with Crippen molar-refractivity contribution in [3.63, 3.8) is 0 Å². The van der Waals surface area contributed by atoms with E-state index in [1.54, 1.807) is 0 Å². The van der Waals surface area contributed by atoms with Gasteiger partial charge in [0, 0.05) is 18.7 Å². The molecule has 1 N–H and O–H groups in total. The van der Waals surface area contributed by atoms with Crippen molar-refractivity contribution in [2.45, 2.75) is 38.2 Å². The van der Waals surface area contributed by atoms with Gasteiger partial charge < -0.3 is 10.1 Å². The van der Waals surface area contributed by atoms with Gasteiger partial charge in [0.2, 0.25) is 0 Å². The van der Waals surface area contributed by atoms with E-state index in [1.165, 1.54) is 18.4 Å². The Balaban J connectivity index is 1.80. The highest BCUT2D eigenvalue weighted by Gasteiger charge is 2.28. The number of aromatic nitrogens is 2. The molecule has 1 aromatic carbocycles. The molecule has 1 saturated heterocycles. The minimum Gasteiger partial charge on any atom is -0.372 e. The first-order chi connectivity index (χ1) is 11.4. The Morgan fingerprint density at radius 1 is 1.22 bits per heavy atom. The Morgan fingerprint density at radius 3 is 2.83 bits per heavy atom. The van der Waals surface area contributed by atoms with Crippen LogP contribution in [0.15, 0.2) is 24.3 Å². The standard InChI is InChI=1S/C18H20N4O/c19-12-13-6-8-14(9-7-13)22-18-15(4-1-2-10-20-18)17(21-22)16-5-3-11-23-16/h6-9,16,20H,1-5,10-11H2. The maximum Gasteiger partial charge on any atom is 0.133 e. The number of ether oxygens (including phenoxy) is 1. The third kappa shape index (κ3) is 2.60. The highest BCUT2D eigenvalue weighted by Crippen LogP contribution is 2.36. The van der Waals surface area contributed by atoms with Crippen LogP contribution in [-0.2, 0) is 11.2 Å². The van der Waals surface area contributed by atoms with Gasteiger partial charge in [-0.25, -0.2) is 4.68 Å². The van der Waals surface area contributed by atoms with Crippen molar-refractivity contribution in [1.82, 2.24) is 9.78 Å². The lowest BCUT2D eigenvalue weighted by atomic mass is 10.0. The van der Waals surface area contributed by atoms with E-state index in [2.05, 4.69) is 11.4 Å². The molecule has 23 heavy (non-hydrogen) atoms. The van der Waals surface area contributed by atoms with Gasteiger partial charge in [-0.05, 0) is 56.4 Å². The maximum atomic E-state index is 8.97. The second-order valence-corrected chi connectivity index (χ2v) is 6.17. The van der Waals surface area contributed by atoms with Crippen molar-refractivity contribution in [3.8, 4) is 11.8 Å². The summed E-state index contributed by atoms with van der Waals surface area (Å²) < 4.78 is 7.87. The first-order valence-corrected chi connectivity index (χ1v) is 8.34. The van der Waals surface area contributed by atoms with Crippen LogP contribution in [0.5, 0.6) is 0 Å². The summed E-state index contributed by atoms with van der Waals surface area (Å²) in [5.41, 5.74) is 4.05. The average molecular weight is 308 g/mol. The molecule has 5 nitrogen and oxygen atoms in total. The molecule has 2 aliphatic heterocycles. The number of benzene rings is 1. The van der Waals surface area contributed by atoms with Gasteiger partial charge in [0.05, 0.1) is 23.0 Å². The van der Waals surface area contributed by atoms with E-state index in [0.29, 0.717) is 5.56 Å². The molecule has 2 aliphatic rings. The Kier molecular flexibility index (Phi) is 3.76. The lowest BCUT2D eigenvalue weighted by Crippen LogP contribution is -2.07. The molecule has 0 radical (unpaired) electrons. The number of rotatable bonds is 2. The minimum atomic E-state index is 0.128. The van der Waals surface area contributed by atoms with Gasteiger partial charge in [0.15, 0.2) is 0 Å². The van der Waals surface area contributed by atoms with E-state index in [4.69, 9.17) is 15.1 Å². The lowest BCUT2D eigenvalue weighted by Gasteiger charge is -2.09. The number of hydrogen-bond acceptors (Lipinski definition) is 4. The van der Waals surface area contributed by atoms with Crippen LogP contribution < -0.4 is 5.32 Å². The number of nitrogens with zero attached hydrogens (tertiary/aromatic N) is 3. The molecular formula is C18H20N4O. The summed E-state index contributed by atoms with van der Waals surface area (Å²) in [6.07, 6.45) is 5.69. The number of hydrogen-bond donors (Lipinski definition) is 1. The monoisotopic (exact) mass is 308 g/mol. The second-order valence-electron chi connectivity index (χ2n) is 6.17. The first-order valence-electron chi connectivity index (χ1n) is 8.34. The molecule has 3 heterocycles. The zero-order valence-electron chi connectivity index (χ0n) is 13.1. The summed E-state index contributed by atoms with van der Waals surface area (Å²) in [5.74, 6) is 1.10. The molecule has 0 bridgehead atoms. The van der Waals surface area contributed by atoms with Crippen molar-refractivity contribution in [1.29, 1.82) is 5.26 Å². The fourth-order valence-corrected chi connectivity index (χ4v) is 3.44. The topological polar surface area (TPSA) is 62.9 Å². The van der Waals surface area contributed by atoms with Gasteiger partial charge in [0.1, 0.15) is 11.9 Å². The molecule has 1 fully saturated rings. The van der Waals surface area contributed by atoms with E-state index in [0.717, 1.165) is 49.6 Å². The summed E-state index contributed by atoms with van der Waals surface area (Å²) in [6, 6.07) is 9.75. The molecular weight excluding hydrogens is 288 g/mol. The predicted molar refractivity (Wildman–Crippen MR) is 87.6 cm³/mol. The van der Waals surface area contributed by atoms with Gasteiger partial charge in [-0.1, -0.05) is 0 Å².